The van der Waals surface area contributed by atoms with Crippen LogP contribution in [0, 0.1) is 5.41 Å². The Kier molecular flexibility index (Phi) is 6.86. The normalized spacial score (nSPS) is 18.9. The molecule has 2 fully saturated rings. The predicted molar refractivity (Wildman–Crippen MR) is 131 cm³/mol. The van der Waals surface area contributed by atoms with Gasteiger partial charge in [-0.05, 0) is 48.9 Å². The van der Waals surface area contributed by atoms with Crippen molar-refractivity contribution < 1.29 is 23.9 Å². The van der Waals surface area contributed by atoms with Gasteiger partial charge in [0.2, 0.25) is 5.91 Å². The summed E-state index contributed by atoms with van der Waals surface area (Å²) in [5, 5.41) is 0. The number of para-hydroxylation sites is 2. The molecule has 7 heteroatoms. The van der Waals surface area contributed by atoms with Crippen molar-refractivity contribution in [3.05, 3.63) is 59.7 Å². The quantitative estimate of drug-likeness (QED) is 0.614. The van der Waals surface area contributed by atoms with Crippen molar-refractivity contribution >= 4 is 29.2 Å². The molecule has 1 aliphatic carbocycles. The summed E-state index contributed by atoms with van der Waals surface area (Å²) in [5.41, 5.74) is 3.00. The monoisotopic (exact) mass is 476 g/mol. The highest BCUT2D eigenvalue weighted by molar-refractivity contribution is 6.03. The summed E-state index contributed by atoms with van der Waals surface area (Å²) in [5.74, 6) is -0.747. The van der Waals surface area contributed by atoms with E-state index in [9.17, 15) is 14.4 Å². The molecule has 184 valence electrons. The highest BCUT2D eigenvalue weighted by atomic mass is 16.5. The average molecular weight is 477 g/mol. The first-order chi connectivity index (χ1) is 17.1. The first kappa shape index (κ1) is 23.5. The number of nitrogens with zero attached hydrogens (tertiary/aromatic N) is 2. The van der Waals surface area contributed by atoms with Crippen LogP contribution >= 0.6 is 0 Å². The molecule has 0 spiro atoms. The lowest BCUT2D eigenvalue weighted by Crippen LogP contribution is -2.44. The summed E-state index contributed by atoms with van der Waals surface area (Å²) in [7, 11) is 0. The largest absolute Gasteiger partial charge is 0.455 e. The van der Waals surface area contributed by atoms with E-state index in [1.807, 2.05) is 48.5 Å². The van der Waals surface area contributed by atoms with Crippen LogP contribution in [0.25, 0.3) is 0 Å². The summed E-state index contributed by atoms with van der Waals surface area (Å²) in [6, 6.07) is 15.8. The lowest BCUT2D eigenvalue weighted by molar-refractivity contribution is -0.161. The number of hydrogen-bond acceptors (Lipinski definition) is 5. The molecule has 2 amide bonds. The van der Waals surface area contributed by atoms with Crippen LogP contribution in [-0.2, 0) is 36.7 Å². The molecule has 2 aromatic rings. The van der Waals surface area contributed by atoms with Crippen LogP contribution in [0.4, 0.5) is 11.4 Å². The summed E-state index contributed by atoms with van der Waals surface area (Å²) in [4.78, 5) is 43.3. The van der Waals surface area contributed by atoms with Crippen molar-refractivity contribution in [2.75, 3.05) is 37.8 Å². The van der Waals surface area contributed by atoms with Gasteiger partial charge in [-0.2, -0.15) is 0 Å². The highest BCUT2D eigenvalue weighted by Crippen LogP contribution is 2.43. The fraction of sp³-hybridized carbons (Fsp3) is 0.464. The standard InChI is InChI=1S/C28H32N2O5/c31-25(29-15-17-34-18-16-29)19-28(13-5-6-14-28)27(33)35-20-26(32)30-23-9-3-1-7-21(23)11-12-22-8-2-4-10-24(22)30/h1-4,7-10H,5-6,11-20H2. The second-order valence-corrected chi connectivity index (χ2v) is 9.72. The Morgan fingerprint density at radius 1 is 0.829 bits per heavy atom. The van der Waals surface area contributed by atoms with E-state index in [-0.39, 0.29) is 24.8 Å². The van der Waals surface area contributed by atoms with E-state index in [0.29, 0.717) is 39.1 Å². The Labute approximate surface area is 206 Å². The molecule has 2 aromatic carbocycles. The number of rotatable bonds is 5. The third-order valence-corrected chi connectivity index (χ3v) is 7.55. The minimum absolute atomic E-state index is 0.0335. The van der Waals surface area contributed by atoms with Crippen molar-refractivity contribution in [2.45, 2.75) is 44.9 Å². The molecule has 7 nitrogen and oxygen atoms in total. The van der Waals surface area contributed by atoms with E-state index >= 15 is 0 Å². The average Bonchev–Trinajstić information content (AvgIpc) is 3.30. The molecule has 2 aliphatic heterocycles. The molecule has 1 saturated carbocycles. The third-order valence-electron chi connectivity index (χ3n) is 7.55. The van der Waals surface area contributed by atoms with E-state index in [1.54, 1.807) is 9.80 Å². The van der Waals surface area contributed by atoms with Crippen molar-refractivity contribution in [1.29, 1.82) is 0 Å². The van der Waals surface area contributed by atoms with Crippen LogP contribution in [0.15, 0.2) is 48.5 Å². The minimum atomic E-state index is -0.843. The number of hydrogen-bond donors (Lipinski definition) is 0. The second-order valence-electron chi connectivity index (χ2n) is 9.72. The Bertz CT molecular complexity index is 1050. The zero-order chi connectivity index (χ0) is 24.3. The number of aryl methyl sites for hydroxylation is 2. The van der Waals surface area contributed by atoms with Gasteiger partial charge >= 0.3 is 5.97 Å². The third kappa shape index (κ3) is 4.82. The smallest absolute Gasteiger partial charge is 0.313 e. The molecular formula is C28H32N2O5. The predicted octanol–water partition coefficient (Wildman–Crippen LogP) is 3.80. The number of anilines is 2. The fourth-order valence-corrected chi connectivity index (χ4v) is 5.61. The van der Waals surface area contributed by atoms with Gasteiger partial charge < -0.3 is 14.4 Å². The van der Waals surface area contributed by atoms with Gasteiger partial charge in [0.15, 0.2) is 6.61 Å². The number of benzene rings is 2. The van der Waals surface area contributed by atoms with Gasteiger partial charge in [-0.15, -0.1) is 0 Å². The molecule has 0 atom stereocenters. The number of morpholine rings is 1. The summed E-state index contributed by atoms with van der Waals surface area (Å²) in [6.45, 7) is 1.80. The number of esters is 1. The van der Waals surface area contributed by atoms with Gasteiger partial charge in [-0.3, -0.25) is 19.3 Å². The van der Waals surface area contributed by atoms with Crippen LogP contribution in [0.2, 0.25) is 0 Å². The molecule has 3 aliphatic rings. The molecule has 0 radical (unpaired) electrons. The maximum atomic E-state index is 13.5. The Hall–Kier alpha value is -3.19. The Morgan fingerprint density at radius 3 is 2.00 bits per heavy atom. The van der Waals surface area contributed by atoms with Crippen LogP contribution < -0.4 is 4.90 Å². The van der Waals surface area contributed by atoms with Crippen molar-refractivity contribution in [1.82, 2.24) is 4.90 Å². The van der Waals surface area contributed by atoms with Crippen LogP contribution in [-0.4, -0.2) is 55.6 Å². The van der Waals surface area contributed by atoms with Crippen molar-refractivity contribution in [3.63, 3.8) is 0 Å². The van der Waals surface area contributed by atoms with E-state index in [4.69, 9.17) is 9.47 Å². The van der Waals surface area contributed by atoms with Gasteiger partial charge in [-0.25, -0.2) is 0 Å². The number of carbonyl (C=O) groups is 3. The van der Waals surface area contributed by atoms with Crippen LogP contribution in [0.1, 0.15) is 43.2 Å². The molecule has 0 N–H and O–H groups in total. The van der Waals surface area contributed by atoms with Gasteiger partial charge in [0.1, 0.15) is 0 Å². The number of ether oxygens (including phenoxy) is 2. The highest BCUT2D eigenvalue weighted by Gasteiger charge is 2.45. The lowest BCUT2D eigenvalue weighted by atomic mass is 9.82. The minimum Gasteiger partial charge on any atom is -0.455 e. The van der Waals surface area contributed by atoms with E-state index in [2.05, 4.69) is 0 Å². The van der Waals surface area contributed by atoms with Crippen LogP contribution in [0.3, 0.4) is 0 Å². The first-order valence-electron chi connectivity index (χ1n) is 12.6. The number of carbonyl (C=O) groups excluding carboxylic acids is 3. The Balaban J connectivity index is 1.32. The molecule has 5 rings (SSSR count). The van der Waals surface area contributed by atoms with E-state index in [1.165, 1.54) is 0 Å². The second kappa shape index (κ2) is 10.2. The fourth-order valence-electron chi connectivity index (χ4n) is 5.61. The number of fused-ring (bicyclic) bond motifs is 2. The van der Waals surface area contributed by atoms with Crippen molar-refractivity contribution in [2.24, 2.45) is 5.41 Å². The maximum Gasteiger partial charge on any atom is 0.313 e. The summed E-state index contributed by atoms with van der Waals surface area (Å²) < 4.78 is 11.0. The summed E-state index contributed by atoms with van der Waals surface area (Å²) >= 11 is 0. The van der Waals surface area contributed by atoms with Crippen molar-refractivity contribution in [3.8, 4) is 0 Å². The molecule has 1 saturated heterocycles. The molecule has 0 unspecified atom stereocenters. The molecule has 0 aromatic heterocycles. The van der Waals surface area contributed by atoms with E-state index in [0.717, 1.165) is 48.2 Å². The molecule has 2 heterocycles. The van der Waals surface area contributed by atoms with Gasteiger partial charge in [0.05, 0.1) is 30.0 Å². The lowest BCUT2D eigenvalue weighted by Gasteiger charge is -2.32. The maximum absolute atomic E-state index is 13.5. The van der Waals surface area contributed by atoms with Gasteiger partial charge in [-0.1, -0.05) is 49.2 Å². The topological polar surface area (TPSA) is 76.2 Å². The van der Waals surface area contributed by atoms with Gasteiger partial charge in [0.25, 0.3) is 5.91 Å². The molecular weight excluding hydrogens is 444 g/mol. The first-order valence-corrected chi connectivity index (χ1v) is 12.6. The van der Waals surface area contributed by atoms with Crippen LogP contribution in [0.5, 0.6) is 0 Å². The Morgan fingerprint density at radius 2 is 1.40 bits per heavy atom. The van der Waals surface area contributed by atoms with Gasteiger partial charge in [0, 0.05) is 19.5 Å². The SMILES string of the molecule is O=C(CC1(C(=O)OCC(=O)N2c3ccccc3CCc3ccccc32)CCCC1)N1CCOCC1. The molecule has 0 bridgehead atoms. The summed E-state index contributed by atoms with van der Waals surface area (Å²) in [6.07, 6.45) is 4.80. The zero-order valence-corrected chi connectivity index (χ0v) is 20.0. The van der Waals surface area contributed by atoms with E-state index < -0.39 is 11.4 Å². The number of amides is 2. The zero-order valence-electron chi connectivity index (χ0n) is 20.0. The molecule has 35 heavy (non-hydrogen) atoms.